The lowest BCUT2D eigenvalue weighted by Gasteiger charge is -2.24. The van der Waals surface area contributed by atoms with Gasteiger partial charge < -0.3 is 19.0 Å². The van der Waals surface area contributed by atoms with Crippen molar-refractivity contribution in [1.82, 2.24) is 5.32 Å². The Labute approximate surface area is 122 Å². The molecule has 0 saturated heterocycles. The largest absolute Gasteiger partial charge is 0.500 e. The van der Waals surface area contributed by atoms with Gasteiger partial charge >= 0.3 is 8.80 Å². The van der Waals surface area contributed by atoms with E-state index in [0.29, 0.717) is 0 Å². The van der Waals surface area contributed by atoms with Gasteiger partial charge in [0.2, 0.25) is 0 Å². The van der Waals surface area contributed by atoms with Crippen LogP contribution in [-0.4, -0.2) is 36.3 Å². The summed E-state index contributed by atoms with van der Waals surface area (Å²) in [6, 6.07) is 9.24. The molecule has 0 bridgehead atoms. The van der Waals surface area contributed by atoms with Gasteiger partial charge in [0.05, 0.1) is 6.17 Å². The van der Waals surface area contributed by atoms with Crippen LogP contribution in [0.25, 0.3) is 0 Å². The van der Waals surface area contributed by atoms with Crippen LogP contribution in [0.2, 0.25) is 6.04 Å². The van der Waals surface area contributed by atoms with Gasteiger partial charge in [-0.15, -0.1) is 0 Å². The molecular weight excluding hydrogens is 272 g/mol. The maximum absolute atomic E-state index is 5.66. The van der Waals surface area contributed by atoms with Crippen molar-refractivity contribution in [2.45, 2.75) is 32.1 Å². The van der Waals surface area contributed by atoms with E-state index in [4.69, 9.17) is 19.0 Å². The number of rotatable bonds is 9. The molecule has 114 valence electrons. The van der Waals surface area contributed by atoms with Crippen molar-refractivity contribution in [3.63, 3.8) is 0 Å². The Morgan fingerprint density at radius 1 is 1.05 bits per heavy atom. The molecule has 1 aromatic carbocycles. The number of hydrogen-bond acceptors (Lipinski definition) is 5. The number of hydrogen-bond donors (Lipinski definition) is 2. The van der Waals surface area contributed by atoms with Crippen molar-refractivity contribution < 1.29 is 13.3 Å². The van der Waals surface area contributed by atoms with Crippen molar-refractivity contribution in [2.75, 3.05) is 21.3 Å². The zero-order valence-electron chi connectivity index (χ0n) is 12.8. The first-order valence-corrected chi connectivity index (χ1v) is 8.70. The molecule has 20 heavy (non-hydrogen) atoms. The third kappa shape index (κ3) is 5.32. The molecule has 0 saturated carbocycles. The second-order valence-electron chi connectivity index (χ2n) is 4.78. The molecule has 0 radical (unpaired) electrons. The van der Waals surface area contributed by atoms with E-state index in [2.05, 4.69) is 29.6 Å². The molecule has 6 heteroatoms. The van der Waals surface area contributed by atoms with Gasteiger partial charge in [0, 0.05) is 33.9 Å². The van der Waals surface area contributed by atoms with E-state index in [-0.39, 0.29) is 6.17 Å². The highest BCUT2D eigenvalue weighted by atomic mass is 28.4. The fourth-order valence-corrected chi connectivity index (χ4v) is 3.66. The molecule has 1 unspecified atom stereocenters. The van der Waals surface area contributed by atoms with Crippen molar-refractivity contribution in [3.05, 3.63) is 35.4 Å². The van der Waals surface area contributed by atoms with Gasteiger partial charge in [-0.25, -0.2) is 0 Å². The van der Waals surface area contributed by atoms with Gasteiger partial charge in [-0.3, -0.25) is 5.32 Å². The van der Waals surface area contributed by atoms with Crippen molar-refractivity contribution in [1.29, 1.82) is 0 Å². The van der Waals surface area contributed by atoms with Gasteiger partial charge in [-0.1, -0.05) is 24.3 Å². The molecule has 5 nitrogen and oxygen atoms in total. The monoisotopic (exact) mass is 298 g/mol. The molecular formula is C14H26N2O3Si. The zero-order chi connectivity index (χ0) is 15.0. The fraction of sp³-hybridized carbons (Fsp3) is 0.571. The minimum absolute atomic E-state index is 0.00593. The third-order valence-electron chi connectivity index (χ3n) is 3.30. The van der Waals surface area contributed by atoms with E-state index in [1.807, 2.05) is 6.92 Å². The van der Waals surface area contributed by atoms with Crippen LogP contribution in [0.4, 0.5) is 0 Å². The van der Waals surface area contributed by atoms with Crippen LogP contribution in [0.3, 0.4) is 0 Å². The average molecular weight is 298 g/mol. The minimum atomic E-state index is -2.47. The van der Waals surface area contributed by atoms with Crippen LogP contribution in [-0.2, 0) is 26.2 Å². The number of nitrogens with two attached hydrogens (primary N) is 1. The molecule has 1 aromatic rings. The summed E-state index contributed by atoms with van der Waals surface area (Å²) in [5.41, 5.74) is 8.13. The Hall–Kier alpha value is -0.763. The third-order valence-corrected chi connectivity index (χ3v) is 6.03. The summed E-state index contributed by atoms with van der Waals surface area (Å²) in [4.78, 5) is 0. The molecule has 0 fully saturated rings. The van der Waals surface area contributed by atoms with Crippen LogP contribution in [0, 0.1) is 0 Å². The molecule has 1 rings (SSSR count). The maximum Gasteiger partial charge on any atom is 0.500 e. The SMILES string of the molecule is CO[Si](CCc1ccc(CNC(C)N)cc1)(OC)OC. The van der Waals surface area contributed by atoms with E-state index in [1.54, 1.807) is 21.3 Å². The summed E-state index contributed by atoms with van der Waals surface area (Å²) in [6.45, 7) is 2.71. The zero-order valence-corrected chi connectivity index (χ0v) is 13.8. The van der Waals surface area contributed by atoms with Gasteiger partial charge in [0.15, 0.2) is 0 Å². The Bertz CT molecular complexity index is 372. The first kappa shape index (κ1) is 17.3. The Morgan fingerprint density at radius 2 is 1.55 bits per heavy atom. The van der Waals surface area contributed by atoms with Crippen LogP contribution in [0.1, 0.15) is 18.1 Å². The molecule has 3 N–H and O–H groups in total. The van der Waals surface area contributed by atoms with Crippen LogP contribution >= 0.6 is 0 Å². The molecule has 0 heterocycles. The fourth-order valence-electron chi connectivity index (χ4n) is 1.96. The van der Waals surface area contributed by atoms with Crippen molar-refractivity contribution in [3.8, 4) is 0 Å². The van der Waals surface area contributed by atoms with Crippen LogP contribution in [0.15, 0.2) is 24.3 Å². The molecule has 0 aliphatic rings. The maximum atomic E-state index is 5.66. The quantitative estimate of drug-likeness (QED) is 0.534. The second kappa shape index (κ2) is 8.51. The normalized spacial score (nSPS) is 13.4. The Balaban J connectivity index is 2.53. The average Bonchev–Trinajstić information content (AvgIpc) is 2.48. The number of aryl methyl sites for hydroxylation is 1. The van der Waals surface area contributed by atoms with E-state index >= 15 is 0 Å². The standard InChI is InChI=1S/C14H26N2O3Si/c1-12(15)16-11-14-7-5-13(6-8-14)9-10-20(17-2,18-3)19-4/h5-8,12,16H,9-11,15H2,1-4H3. The van der Waals surface area contributed by atoms with Gasteiger partial charge in [-0.2, -0.15) is 0 Å². The highest BCUT2D eigenvalue weighted by Gasteiger charge is 2.36. The summed E-state index contributed by atoms with van der Waals surface area (Å²) in [6.07, 6.45) is 0.884. The lowest BCUT2D eigenvalue weighted by Crippen LogP contribution is -2.43. The van der Waals surface area contributed by atoms with Gasteiger partial charge in [0.25, 0.3) is 0 Å². The Morgan fingerprint density at radius 3 is 2.00 bits per heavy atom. The highest BCUT2D eigenvalue weighted by Crippen LogP contribution is 2.17. The topological polar surface area (TPSA) is 65.7 Å². The van der Waals surface area contributed by atoms with E-state index < -0.39 is 8.80 Å². The lowest BCUT2D eigenvalue weighted by atomic mass is 10.1. The summed E-state index contributed by atoms with van der Waals surface area (Å²) < 4.78 is 16.3. The predicted molar refractivity (Wildman–Crippen MR) is 82.2 cm³/mol. The number of nitrogens with one attached hydrogen (secondary N) is 1. The first-order chi connectivity index (χ1) is 9.55. The molecule has 0 amide bonds. The summed E-state index contributed by atoms with van der Waals surface area (Å²) >= 11 is 0. The van der Waals surface area contributed by atoms with Gasteiger partial charge in [-0.05, 0) is 24.5 Å². The molecule has 0 aromatic heterocycles. The van der Waals surface area contributed by atoms with E-state index in [0.717, 1.165) is 19.0 Å². The molecule has 1 atom stereocenters. The highest BCUT2D eigenvalue weighted by molar-refractivity contribution is 6.60. The van der Waals surface area contributed by atoms with Crippen LogP contribution < -0.4 is 11.1 Å². The molecule has 0 aliphatic heterocycles. The van der Waals surface area contributed by atoms with Crippen LogP contribution in [0.5, 0.6) is 0 Å². The summed E-state index contributed by atoms with van der Waals surface area (Å²) in [7, 11) is 2.45. The van der Waals surface area contributed by atoms with E-state index in [9.17, 15) is 0 Å². The van der Waals surface area contributed by atoms with Crippen molar-refractivity contribution >= 4 is 8.80 Å². The lowest BCUT2D eigenvalue weighted by molar-refractivity contribution is 0.123. The first-order valence-electron chi connectivity index (χ1n) is 6.77. The molecule has 0 aliphatic carbocycles. The summed E-state index contributed by atoms with van der Waals surface area (Å²) in [5.74, 6) is 0. The second-order valence-corrected chi connectivity index (χ2v) is 7.87. The Kier molecular flexibility index (Phi) is 7.35. The smallest absolute Gasteiger partial charge is 0.377 e. The molecule has 0 spiro atoms. The minimum Gasteiger partial charge on any atom is -0.377 e. The number of benzene rings is 1. The summed E-state index contributed by atoms with van der Waals surface area (Å²) in [5, 5.41) is 3.19. The predicted octanol–water partition coefficient (Wildman–Crippen LogP) is 1.50. The van der Waals surface area contributed by atoms with Gasteiger partial charge in [0.1, 0.15) is 0 Å². The van der Waals surface area contributed by atoms with E-state index in [1.165, 1.54) is 11.1 Å². The van der Waals surface area contributed by atoms with Crippen molar-refractivity contribution in [2.24, 2.45) is 5.73 Å².